The first kappa shape index (κ1) is 19.8. The Bertz CT molecular complexity index is 688. The first-order valence-corrected chi connectivity index (χ1v) is 9.95. The lowest BCUT2D eigenvalue weighted by atomic mass is 9.74. The SMILES string of the molecule is CCO[C@H]1C[C@@H]2CN(C(=O)OC(C)(C)C)C[C@]2(c2ccc(Cl)c(Cl)c2)C1. The van der Waals surface area contributed by atoms with Crippen LogP contribution in [0.2, 0.25) is 10.0 Å². The summed E-state index contributed by atoms with van der Waals surface area (Å²) in [5, 5.41) is 1.09. The molecule has 1 saturated heterocycles. The molecule has 4 nitrogen and oxygen atoms in total. The molecule has 3 rings (SSSR count). The van der Waals surface area contributed by atoms with Gasteiger partial charge < -0.3 is 14.4 Å². The summed E-state index contributed by atoms with van der Waals surface area (Å²) in [5.41, 5.74) is 0.467. The van der Waals surface area contributed by atoms with Crippen LogP contribution in [0.15, 0.2) is 18.2 Å². The monoisotopic (exact) mass is 399 g/mol. The Kier molecular flexibility index (Phi) is 5.49. The number of amides is 1. The fourth-order valence-corrected chi connectivity index (χ4v) is 4.69. The van der Waals surface area contributed by atoms with Crippen molar-refractivity contribution in [3.05, 3.63) is 33.8 Å². The summed E-state index contributed by atoms with van der Waals surface area (Å²) in [4.78, 5) is 14.5. The third-order valence-corrected chi connectivity index (χ3v) is 6.12. The molecule has 0 spiro atoms. The molecule has 0 unspecified atom stereocenters. The van der Waals surface area contributed by atoms with E-state index in [-0.39, 0.29) is 17.6 Å². The highest BCUT2D eigenvalue weighted by molar-refractivity contribution is 6.42. The highest BCUT2D eigenvalue weighted by Gasteiger charge is 2.55. The number of ether oxygens (including phenoxy) is 2. The molecule has 1 saturated carbocycles. The molecule has 6 heteroatoms. The number of carbonyl (C=O) groups is 1. The number of carbonyl (C=O) groups excluding carboxylic acids is 1. The van der Waals surface area contributed by atoms with E-state index in [9.17, 15) is 4.79 Å². The van der Waals surface area contributed by atoms with Gasteiger partial charge in [0.25, 0.3) is 0 Å². The van der Waals surface area contributed by atoms with Crippen LogP contribution >= 0.6 is 23.2 Å². The lowest BCUT2D eigenvalue weighted by molar-refractivity contribution is 0.0233. The summed E-state index contributed by atoms with van der Waals surface area (Å²) in [6.45, 7) is 9.69. The van der Waals surface area contributed by atoms with E-state index in [1.54, 1.807) is 0 Å². The van der Waals surface area contributed by atoms with Crippen LogP contribution in [0.5, 0.6) is 0 Å². The van der Waals surface area contributed by atoms with E-state index >= 15 is 0 Å². The van der Waals surface area contributed by atoms with Gasteiger partial charge in [0, 0.05) is 25.1 Å². The third-order valence-electron chi connectivity index (χ3n) is 5.38. The lowest BCUT2D eigenvalue weighted by Crippen LogP contribution is -2.38. The predicted molar refractivity (Wildman–Crippen MR) is 104 cm³/mol. The Morgan fingerprint density at radius 1 is 1.31 bits per heavy atom. The number of hydrogen-bond acceptors (Lipinski definition) is 3. The molecule has 26 heavy (non-hydrogen) atoms. The van der Waals surface area contributed by atoms with Crippen molar-refractivity contribution in [2.75, 3.05) is 19.7 Å². The average molecular weight is 400 g/mol. The number of fused-ring (bicyclic) bond motifs is 1. The average Bonchev–Trinajstić information content (AvgIpc) is 3.03. The van der Waals surface area contributed by atoms with Gasteiger partial charge in [-0.1, -0.05) is 29.3 Å². The van der Waals surface area contributed by atoms with Gasteiger partial charge in [0.2, 0.25) is 0 Å². The van der Waals surface area contributed by atoms with Crippen molar-refractivity contribution >= 4 is 29.3 Å². The van der Waals surface area contributed by atoms with Crippen LogP contribution in [0, 0.1) is 5.92 Å². The molecule has 1 aromatic carbocycles. The van der Waals surface area contributed by atoms with Crippen LogP contribution in [0.25, 0.3) is 0 Å². The van der Waals surface area contributed by atoms with Gasteiger partial charge in [-0.2, -0.15) is 0 Å². The fraction of sp³-hybridized carbons (Fsp3) is 0.650. The number of likely N-dealkylation sites (tertiary alicyclic amines) is 1. The first-order chi connectivity index (χ1) is 12.1. The van der Waals surface area contributed by atoms with Crippen LogP contribution in [0.3, 0.4) is 0 Å². The quantitative estimate of drug-likeness (QED) is 0.692. The fourth-order valence-electron chi connectivity index (χ4n) is 4.39. The van der Waals surface area contributed by atoms with E-state index in [1.165, 1.54) is 0 Å². The van der Waals surface area contributed by atoms with Crippen molar-refractivity contribution in [3.63, 3.8) is 0 Å². The van der Waals surface area contributed by atoms with E-state index in [1.807, 2.05) is 50.8 Å². The van der Waals surface area contributed by atoms with Crippen molar-refractivity contribution in [1.29, 1.82) is 0 Å². The number of halogens is 2. The van der Waals surface area contributed by atoms with Crippen molar-refractivity contribution in [1.82, 2.24) is 4.90 Å². The summed E-state index contributed by atoms with van der Waals surface area (Å²) < 4.78 is 11.5. The summed E-state index contributed by atoms with van der Waals surface area (Å²) >= 11 is 12.4. The van der Waals surface area contributed by atoms with Gasteiger partial charge in [0.15, 0.2) is 0 Å². The molecule has 0 aromatic heterocycles. The molecule has 0 N–H and O–H groups in total. The molecule has 1 aliphatic heterocycles. The third kappa shape index (κ3) is 3.83. The van der Waals surface area contributed by atoms with E-state index in [0.29, 0.717) is 35.7 Å². The minimum Gasteiger partial charge on any atom is -0.444 e. The molecule has 2 fully saturated rings. The largest absolute Gasteiger partial charge is 0.444 e. The summed E-state index contributed by atoms with van der Waals surface area (Å²) in [5.74, 6) is 0.323. The van der Waals surface area contributed by atoms with Gasteiger partial charge in [-0.05, 0) is 64.2 Å². The maximum atomic E-state index is 12.6. The van der Waals surface area contributed by atoms with E-state index in [4.69, 9.17) is 32.7 Å². The minimum absolute atomic E-state index is 0.162. The van der Waals surface area contributed by atoms with Gasteiger partial charge in [-0.25, -0.2) is 4.79 Å². The molecule has 1 heterocycles. The topological polar surface area (TPSA) is 38.8 Å². The highest BCUT2D eigenvalue weighted by Crippen LogP contribution is 2.52. The van der Waals surface area contributed by atoms with Crippen LogP contribution in [-0.2, 0) is 14.9 Å². The Labute approximate surface area is 165 Å². The van der Waals surface area contributed by atoms with Crippen LogP contribution in [0.1, 0.15) is 46.1 Å². The number of nitrogens with zero attached hydrogens (tertiary/aromatic N) is 1. The lowest BCUT2D eigenvalue weighted by Gasteiger charge is -2.31. The second-order valence-electron chi connectivity index (χ2n) is 8.36. The molecule has 2 aliphatic rings. The van der Waals surface area contributed by atoms with E-state index in [2.05, 4.69) is 0 Å². The maximum Gasteiger partial charge on any atom is 0.410 e. The number of rotatable bonds is 3. The molecule has 1 aliphatic carbocycles. The molecule has 1 aromatic rings. The van der Waals surface area contributed by atoms with E-state index in [0.717, 1.165) is 18.4 Å². The van der Waals surface area contributed by atoms with Crippen molar-refractivity contribution < 1.29 is 14.3 Å². The van der Waals surface area contributed by atoms with Crippen molar-refractivity contribution in [2.45, 2.75) is 57.7 Å². The number of benzene rings is 1. The Balaban J connectivity index is 1.89. The molecular formula is C20H27Cl2NO3. The van der Waals surface area contributed by atoms with Gasteiger partial charge >= 0.3 is 6.09 Å². The highest BCUT2D eigenvalue weighted by atomic mass is 35.5. The zero-order valence-corrected chi connectivity index (χ0v) is 17.4. The summed E-state index contributed by atoms with van der Waals surface area (Å²) in [7, 11) is 0. The predicted octanol–water partition coefficient (Wildman–Crippen LogP) is 5.30. The second kappa shape index (κ2) is 7.21. The smallest absolute Gasteiger partial charge is 0.410 e. The van der Waals surface area contributed by atoms with Crippen LogP contribution in [-0.4, -0.2) is 42.4 Å². The van der Waals surface area contributed by atoms with Gasteiger partial charge in [0.05, 0.1) is 16.1 Å². The van der Waals surface area contributed by atoms with Gasteiger partial charge in [0.1, 0.15) is 5.60 Å². The minimum atomic E-state index is -0.501. The maximum absolute atomic E-state index is 12.6. The van der Waals surface area contributed by atoms with Crippen LogP contribution in [0.4, 0.5) is 4.79 Å². The molecule has 0 bridgehead atoms. The molecular weight excluding hydrogens is 373 g/mol. The molecule has 1 amide bonds. The zero-order chi connectivity index (χ0) is 19.1. The van der Waals surface area contributed by atoms with Crippen molar-refractivity contribution in [3.8, 4) is 0 Å². The Morgan fingerprint density at radius 2 is 2.04 bits per heavy atom. The normalized spacial score (nSPS) is 28.3. The zero-order valence-electron chi connectivity index (χ0n) is 15.9. The Morgan fingerprint density at radius 3 is 2.65 bits per heavy atom. The first-order valence-electron chi connectivity index (χ1n) is 9.19. The number of hydrogen-bond donors (Lipinski definition) is 0. The molecule has 144 valence electrons. The van der Waals surface area contributed by atoms with Gasteiger partial charge in [-0.3, -0.25) is 0 Å². The summed E-state index contributed by atoms with van der Waals surface area (Å²) in [6.07, 6.45) is 1.77. The second-order valence-corrected chi connectivity index (χ2v) is 9.17. The van der Waals surface area contributed by atoms with Crippen molar-refractivity contribution in [2.24, 2.45) is 5.92 Å². The van der Waals surface area contributed by atoms with Gasteiger partial charge in [-0.15, -0.1) is 0 Å². The van der Waals surface area contributed by atoms with Crippen LogP contribution < -0.4 is 0 Å². The summed E-state index contributed by atoms with van der Waals surface area (Å²) in [6, 6.07) is 5.83. The molecule has 0 radical (unpaired) electrons. The molecule has 3 atom stereocenters. The van der Waals surface area contributed by atoms with E-state index < -0.39 is 5.60 Å². The Hall–Kier alpha value is -0.970. The standard InChI is InChI=1S/C20H27Cl2NO3/c1-5-25-15-8-14-11-23(18(24)26-19(2,3)4)12-20(14,10-15)13-6-7-16(21)17(22)9-13/h6-7,9,14-15H,5,8,10-12H2,1-4H3/t14-,15+,20+/m1/s1.